The number of carbonyl (C=O) groups is 2. The fourth-order valence-corrected chi connectivity index (χ4v) is 1.15. The Labute approximate surface area is 75.1 Å². The van der Waals surface area contributed by atoms with Crippen molar-refractivity contribution >= 4 is 11.9 Å². The van der Waals surface area contributed by atoms with Crippen molar-refractivity contribution in [1.82, 2.24) is 4.90 Å². The molecule has 0 aromatic heterocycles. The van der Waals surface area contributed by atoms with Gasteiger partial charge in [-0.05, 0) is 0 Å². The highest BCUT2D eigenvalue weighted by molar-refractivity contribution is 5.99. The lowest BCUT2D eigenvalue weighted by Crippen LogP contribution is -2.29. The minimum absolute atomic E-state index is 0.0254. The van der Waals surface area contributed by atoms with Crippen LogP contribution in [-0.2, 0) is 9.59 Å². The summed E-state index contributed by atoms with van der Waals surface area (Å²) in [4.78, 5) is 23.0. The van der Waals surface area contributed by atoms with Crippen LogP contribution in [0.4, 0.5) is 0 Å². The van der Waals surface area contributed by atoms with Gasteiger partial charge in [-0.15, -0.1) is 6.58 Å². The van der Waals surface area contributed by atoms with E-state index in [1.807, 2.05) is 0 Å². The second kappa shape index (κ2) is 3.30. The van der Waals surface area contributed by atoms with Gasteiger partial charge in [0.2, 0.25) is 5.91 Å². The zero-order valence-electron chi connectivity index (χ0n) is 6.99. The van der Waals surface area contributed by atoms with Gasteiger partial charge in [-0.25, -0.2) is 4.79 Å². The lowest BCUT2D eigenvalue weighted by atomic mass is 10.2. The zero-order chi connectivity index (χ0) is 10.0. The number of carboxylic acid groups (broad SMARTS) is 1. The zero-order valence-corrected chi connectivity index (χ0v) is 6.99. The van der Waals surface area contributed by atoms with E-state index in [1.165, 1.54) is 11.0 Å². The minimum atomic E-state index is -1.14. The van der Waals surface area contributed by atoms with Crippen LogP contribution < -0.4 is 5.73 Å². The molecule has 1 heterocycles. The molecule has 3 N–H and O–H groups in total. The fraction of sp³-hybridized carbons (Fsp3) is 0.250. The van der Waals surface area contributed by atoms with Gasteiger partial charge >= 0.3 is 5.97 Å². The summed E-state index contributed by atoms with van der Waals surface area (Å²) in [6, 6.07) is 0. The Morgan fingerprint density at radius 3 is 2.77 bits per heavy atom. The Bertz CT molecular complexity index is 307. The molecule has 1 aliphatic heterocycles. The van der Waals surface area contributed by atoms with E-state index in [4.69, 9.17) is 10.8 Å². The maximum absolute atomic E-state index is 11.2. The van der Waals surface area contributed by atoms with E-state index in [0.29, 0.717) is 0 Å². The van der Waals surface area contributed by atoms with Gasteiger partial charge in [0, 0.05) is 6.54 Å². The first-order chi connectivity index (χ1) is 6.07. The quantitative estimate of drug-likeness (QED) is 0.585. The maximum Gasteiger partial charge on any atom is 0.335 e. The largest absolute Gasteiger partial charge is 0.478 e. The molecule has 5 heteroatoms. The van der Waals surface area contributed by atoms with Crippen LogP contribution in [0.25, 0.3) is 0 Å². The number of hydrogen-bond donors (Lipinski definition) is 2. The van der Waals surface area contributed by atoms with Crippen molar-refractivity contribution in [3.8, 4) is 0 Å². The lowest BCUT2D eigenvalue weighted by Gasteiger charge is -2.14. The van der Waals surface area contributed by atoms with Crippen LogP contribution in [-0.4, -0.2) is 28.4 Å². The number of aliphatic carboxylic acids is 1. The van der Waals surface area contributed by atoms with Crippen LogP contribution in [0, 0.1) is 0 Å². The molecular formula is C8H10N2O3. The molecule has 0 unspecified atom stereocenters. The van der Waals surface area contributed by atoms with E-state index in [9.17, 15) is 9.59 Å². The molecule has 1 amide bonds. The molecule has 1 aliphatic rings. The molecule has 70 valence electrons. The van der Waals surface area contributed by atoms with Crippen LogP contribution in [0.1, 0.15) is 6.42 Å². The van der Waals surface area contributed by atoms with Crippen LogP contribution in [0.2, 0.25) is 0 Å². The summed E-state index contributed by atoms with van der Waals surface area (Å²) in [6.07, 6.45) is 1.37. The Morgan fingerprint density at radius 2 is 2.38 bits per heavy atom. The van der Waals surface area contributed by atoms with Crippen molar-refractivity contribution in [3.05, 3.63) is 24.0 Å². The van der Waals surface area contributed by atoms with Gasteiger partial charge < -0.3 is 10.8 Å². The number of nitrogens with zero attached hydrogens (tertiary/aromatic N) is 1. The first kappa shape index (κ1) is 9.31. The first-order valence-corrected chi connectivity index (χ1v) is 3.71. The van der Waals surface area contributed by atoms with Gasteiger partial charge in [-0.3, -0.25) is 9.69 Å². The summed E-state index contributed by atoms with van der Waals surface area (Å²) in [7, 11) is 0. The van der Waals surface area contributed by atoms with Crippen molar-refractivity contribution in [3.63, 3.8) is 0 Å². The van der Waals surface area contributed by atoms with Crippen LogP contribution in [0.15, 0.2) is 24.0 Å². The SMILES string of the molecule is C=CCN1C(=O)CC(C(=O)O)=C1N. The number of carbonyl (C=O) groups excluding carboxylic acids is 1. The third kappa shape index (κ3) is 1.53. The molecule has 0 bridgehead atoms. The standard InChI is InChI=1S/C8H10N2O3/c1-2-3-10-6(11)4-5(7(10)9)8(12)13/h2H,1,3-4,9H2,(H,12,13). The Balaban J connectivity index is 2.94. The Hall–Kier alpha value is -1.78. The van der Waals surface area contributed by atoms with E-state index in [-0.39, 0.29) is 30.3 Å². The third-order valence-electron chi connectivity index (χ3n) is 1.80. The highest BCUT2D eigenvalue weighted by atomic mass is 16.4. The molecule has 0 fully saturated rings. The predicted molar refractivity (Wildman–Crippen MR) is 45.4 cm³/mol. The summed E-state index contributed by atoms with van der Waals surface area (Å²) < 4.78 is 0. The lowest BCUT2D eigenvalue weighted by molar-refractivity contribution is -0.134. The average Bonchev–Trinajstić information content (AvgIpc) is 2.32. The van der Waals surface area contributed by atoms with E-state index < -0.39 is 5.97 Å². The number of rotatable bonds is 3. The molecule has 0 saturated carbocycles. The van der Waals surface area contributed by atoms with Crippen LogP contribution in [0.3, 0.4) is 0 Å². The smallest absolute Gasteiger partial charge is 0.335 e. The normalized spacial score (nSPS) is 16.6. The molecule has 0 aromatic rings. The summed E-state index contributed by atoms with van der Waals surface area (Å²) in [5.74, 6) is -1.41. The molecule has 0 atom stereocenters. The van der Waals surface area contributed by atoms with Gasteiger partial charge in [-0.2, -0.15) is 0 Å². The molecule has 5 nitrogen and oxygen atoms in total. The second-order valence-corrected chi connectivity index (χ2v) is 2.64. The van der Waals surface area contributed by atoms with Gasteiger partial charge in [0.15, 0.2) is 0 Å². The Kier molecular flexibility index (Phi) is 2.36. The molecule has 0 spiro atoms. The molecule has 1 rings (SSSR count). The highest BCUT2D eigenvalue weighted by Gasteiger charge is 2.30. The second-order valence-electron chi connectivity index (χ2n) is 2.64. The Morgan fingerprint density at radius 1 is 1.77 bits per heavy atom. The van der Waals surface area contributed by atoms with E-state index in [1.54, 1.807) is 0 Å². The molecular weight excluding hydrogens is 172 g/mol. The molecule has 0 aromatic carbocycles. The average molecular weight is 182 g/mol. The van der Waals surface area contributed by atoms with Crippen LogP contribution in [0.5, 0.6) is 0 Å². The summed E-state index contributed by atoms with van der Waals surface area (Å²) in [6.45, 7) is 3.69. The molecule has 13 heavy (non-hydrogen) atoms. The predicted octanol–water partition coefficient (Wildman–Crippen LogP) is -0.340. The van der Waals surface area contributed by atoms with Gasteiger partial charge in [-0.1, -0.05) is 6.08 Å². The van der Waals surface area contributed by atoms with E-state index >= 15 is 0 Å². The number of nitrogens with two attached hydrogens (primary N) is 1. The van der Waals surface area contributed by atoms with Gasteiger partial charge in [0.05, 0.1) is 12.0 Å². The fourth-order valence-electron chi connectivity index (χ4n) is 1.15. The van der Waals surface area contributed by atoms with Crippen molar-refractivity contribution in [2.75, 3.05) is 6.54 Å². The third-order valence-corrected chi connectivity index (χ3v) is 1.80. The van der Waals surface area contributed by atoms with E-state index in [0.717, 1.165) is 0 Å². The van der Waals surface area contributed by atoms with Crippen molar-refractivity contribution in [2.45, 2.75) is 6.42 Å². The number of amides is 1. The molecule has 0 radical (unpaired) electrons. The molecule has 0 saturated heterocycles. The highest BCUT2D eigenvalue weighted by Crippen LogP contribution is 2.20. The number of carboxylic acids is 1. The maximum atomic E-state index is 11.2. The van der Waals surface area contributed by atoms with Crippen molar-refractivity contribution in [2.24, 2.45) is 5.73 Å². The first-order valence-electron chi connectivity index (χ1n) is 3.71. The monoisotopic (exact) mass is 182 g/mol. The van der Waals surface area contributed by atoms with E-state index in [2.05, 4.69) is 6.58 Å². The van der Waals surface area contributed by atoms with Crippen molar-refractivity contribution < 1.29 is 14.7 Å². The summed E-state index contributed by atoms with van der Waals surface area (Å²) in [5.41, 5.74) is 5.42. The topological polar surface area (TPSA) is 83.6 Å². The van der Waals surface area contributed by atoms with Crippen molar-refractivity contribution in [1.29, 1.82) is 0 Å². The van der Waals surface area contributed by atoms with Gasteiger partial charge in [0.1, 0.15) is 5.82 Å². The number of hydrogen-bond acceptors (Lipinski definition) is 3. The minimum Gasteiger partial charge on any atom is -0.478 e. The summed E-state index contributed by atoms with van der Waals surface area (Å²) in [5, 5.41) is 8.64. The summed E-state index contributed by atoms with van der Waals surface area (Å²) >= 11 is 0. The van der Waals surface area contributed by atoms with Crippen LogP contribution >= 0.6 is 0 Å². The van der Waals surface area contributed by atoms with Gasteiger partial charge in [0.25, 0.3) is 0 Å². The molecule has 0 aliphatic carbocycles.